The number of nitrogens with one attached hydrogen (secondary N) is 2. The van der Waals surface area contributed by atoms with Crippen molar-refractivity contribution in [3.8, 4) is 5.75 Å². The fourth-order valence-electron chi connectivity index (χ4n) is 1.30. The Morgan fingerprint density at radius 2 is 2.05 bits per heavy atom. The van der Waals surface area contributed by atoms with E-state index in [1.54, 1.807) is 19.9 Å². The van der Waals surface area contributed by atoms with E-state index in [4.69, 9.17) is 5.84 Å². The fourth-order valence-corrected chi connectivity index (χ4v) is 1.64. The molecule has 1 aromatic carbocycles. The number of ether oxygens (including phenoxy) is 1. The van der Waals surface area contributed by atoms with E-state index in [9.17, 15) is 13.2 Å². The first-order chi connectivity index (χ1) is 9.21. The van der Waals surface area contributed by atoms with Gasteiger partial charge in [-0.1, -0.05) is 15.9 Å². The molecule has 5 nitrogen and oxygen atoms in total. The molecule has 0 unspecified atom stereocenters. The lowest BCUT2D eigenvalue weighted by Crippen LogP contribution is -2.37. The van der Waals surface area contributed by atoms with Crippen LogP contribution in [0.2, 0.25) is 0 Å². The third-order valence-electron chi connectivity index (χ3n) is 1.95. The SMILES string of the molecule is CC(C)N=C(NN)Nc1ccc(Br)cc1OC(F)(F)F. The van der Waals surface area contributed by atoms with Gasteiger partial charge in [0.25, 0.3) is 0 Å². The zero-order valence-electron chi connectivity index (χ0n) is 10.8. The Morgan fingerprint density at radius 3 is 2.55 bits per heavy atom. The maximum absolute atomic E-state index is 12.3. The summed E-state index contributed by atoms with van der Waals surface area (Å²) in [6.07, 6.45) is -4.79. The molecular weight excluding hydrogens is 341 g/mol. The van der Waals surface area contributed by atoms with E-state index in [-0.39, 0.29) is 17.7 Å². The Morgan fingerprint density at radius 1 is 1.40 bits per heavy atom. The van der Waals surface area contributed by atoms with E-state index in [2.05, 4.69) is 36.4 Å². The van der Waals surface area contributed by atoms with Crippen molar-refractivity contribution in [3.05, 3.63) is 22.7 Å². The molecule has 0 fully saturated rings. The van der Waals surface area contributed by atoms with Crippen LogP contribution in [0.25, 0.3) is 0 Å². The lowest BCUT2D eigenvalue weighted by molar-refractivity contribution is -0.274. The normalized spacial score (nSPS) is 12.5. The predicted molar refractivity (Wildman–Crippen MR) is 74.3 cm³/mol. The number of hydrogen-bond donors (Lipinski definition) is 3. The zero-order chi connectivity index (χ0) is 15.3. The van der Waals surface area contributed by atoms with Gasteiger partial charge in [-0.2, -0.15) is 0 Å². The molecule has 0 atom stereocenters. The molecular formula is C11H14BrF3N4O. The Bertz CT molecular complexity index is 491. The van der Waals surface area contributed by atoms with Gasteiger partial charge in [0.05, 0.1) is 5.69 Å². The monoisotopic (exact) mass is 354 g/mol. The molecule has 112 valence electrons. The number of benzene rings is 1. The second-order valence-electron chi connectivity index (χ2n) is 4.03. The van der Waals surface area contributed by atoms with Crippen molar-refractivity contribution in [3.63, 3.8) is 0 Å². The quantitative estimate of drug-likeness (QED) is 0.337. The summed E-state index contributed by atoms with van der Waals surface area (Å²) in [5.74, 6) is 5.00. The van der Waals surface area contributed by atoms with Crippen LogP contribution in [-0.4, -0.2) is 18.4 Å². The van der Waals surface area contributed by atoms with Gasteiger partial charge in [-0.25, -0.2) is 10.8 Å². The Balaban J connectivity index is 3.05. The molecule has 1 rings (SSSR count). The summed E-state index contributed by atoms with van der Waals surface area (Å²) in [5, 5.41) is 2.65. The Labute approximate surface area is 122 Å². The summed E-state index contributed by atoms with van der Waals surface area (Å²) < 4.78 is 41.4. The van der Waals surface area contributed by atoms with Gasteiger partial charge in [0.2, 0.25) is 5.96 Å². The van der Waals surface area contributed by atoms with Crippen LogP contribution in [-0.2, 0) is 0 Å². The highest BCUT2D eigenvalue weighted by molar-refractivity contribution is 9.10. The van der Waals surface area contributed by atoms with E-state index in [1.807, 2.05) is 0 Å². The first-order valence-corrected chi connectivity index (χ1v) is 6.37. The highest BCUT2D eigenvalue weighted by atomic mass is 79.9. The van der Waals surface area contributed by atoms with Crippen molar-refractivity contribution < 1.29 is 17.9 Å². The van der Waals surface area contributed by atoms with Crippen LogP contribution < -0.4 is 21.3 Å². The average molecular weight is 355 g/mol. The molecule has 0 heterocycles. The Hall–Kier alpha value is -1.48. The maximum atomic E-state index is 12.3. The molecule has 0 aliphatic rings. The third kappa shape index (κ3) is 5.66. The van der Waals surface area contributed by atoms with Crippen LogP contribution in [0.1, 0.15) is 13.8 Å². The van der Waals surface area contributed by atoms with Crippen molar-refractivity contribution in [1.82, 2.24) is 5.43 Å². The number of rotatable bonds is 3. The van der Waals surface area contributed by atoms with Gasteiger partial charge in [-0.05, 0) is 32.0 Å². The van der Waals surface area contributed by atoms with E-state index >= 15 is 0 Å². The maximum Gasteiger partial charge on any atom is 0.573 e. The van der Waals surface area contributed by atoms with Gasteiger partial charge >= 0.3 is 6.36 Å². The molecule has 0 bridgehead atoms. The van der Waals surface area contributed by atoms with Crippen LogP contribution >= 0.6 is 15.9 Å². The number of anilines is 1. The van der Waals surface area contributed by atoms with E-state index in [0.29, 0.717) is 4.47 Å². The minimum atomic E-state index is -4.79. The molecule has 0 radical (unpaired) electrons. The number of halogens is 4. The van der Waals surface area contributed by atoms with Crippen molar-refractivity contribution in [2.24, 2.45) is 10.8 Å². The largest absolute Gasteiger partial charge is 0.573 e. The average Bonchev–Trinajstić information content (AvgIpc) is 2.28. The first-order valence-electron chi connectivity index (χ1n) is 5.58. The molecule has 0 aliphatic carbocycles. The summed E-state index contributed by atoms with van der Waals surface area (Å²) in [5.41, 5.74) is 2.36. The number of alkyl halides is 3. The molecule has 0 amide bonds. The second kappa shape index (κ2) is 6.80. The van der Waals surface area contributed by atoms with Gasteiger partial charge in [-0.15, -0.1) is 13.2 Å². The van der Waals surface area contributed by atoms with Crippen LogP contribution in [0.3, 0.4) is 0 Å². The minimum absolute atomic E-state index is 0.0860. The number of guanidine groups is 1. The third-order valence-corrected chi connectivity index (χ3v) is 2.44. The first kappa shape index (κ1) is 16.6. The molecule has 0 spiro atoms. The molecule has 0 aromatic heterocycles. The lowest BCUT2D eigenvalue weighted by atomic mass is 10.3. The summed E-state index contributed by atoms with van der Waals surface area (Å²) in [7, 11) is 0. The molecule has 20 heavy (non-hydrogen) atoms. The van der Waals surface area contributed by atoms with Crippen LogP contribution in [0, 0.1) is 0 Å². The van der Waals surface area contributed by atoms with Crippen LogP contribution in [0.5, 0.6) is 5.75 Å². The molecule has 0 aliphatic heterocycles. The van der Waals surface area contributed by atoms with E-state index in [0.717, 1.165) is 0 Å². The topological polar surface area (TPSA) is 71.7 Å². The highest BCUT2D eigenvalue weighted by Crippen LogP contribution is 2.32. The van der Waals surface area contributed by atoms with Crippen molar-refractivity contribution in [1.29, 1.82) is 0 Å². The van der Waals surface area contributed by atoms with Crippen molar-refractivity contribution in [2.75, 3.05) is 5.32 Å². The number of hydrazine groups is 1. The summed E-state index contributed by atoms with van der Waals surface area (Å²) in [6.45, 7) is 3.60. The molecule has 0 saturated carbocycles. The smallest absolute Gasteiger partial charge is 0.404 e. The summed E-state index contributed by atoms with van der Waals surface area (Å²) in [6, 6.07) is 4.09. The number of aliphatic imine (C=N–C) groups is 1. The van der Waals surface area contributed by atoms with Gasteiger partial charge in [0.1, 0.15) is 0 Å². The van der Waals surface area contributed by atoms with Gasteiger partial charge in [0, 0.05) is 10.5 Å². The van der Waals surface area contributed by atoms with Gasteiger partial charge in [0.15, 0.2) is 5.75 Å². The molecule has 9 heteroatoms. The van der Waals surface area contributed by atoms with Crippen LogP contribution in [0.15, 0.2) is 27.7 Å². The zero-order valence-corrected chi connectivity index (χ0v) is 12.3. The fraction of sp³-hybridized carbons (Fsp3) is 0.364. The van der Waals surface area contributed by atoms with Crippen molar-refractivity contribution >= 4 is 27.6 Å². The van der Waals surface area contributed by atoms with Gasteiger partial charge < -0.3 is 10.1 Å². The highest BCUT2D eigenvalue weighted by Gasteiger charge is 2.32. The van der Waals surface area contributed by atoms with E-state index in [1.165, 1.54) is 12.1 Å². The predicted octanol–water partition coefficient (Wildman–Crippen LogP) is 2.99. The van der Waals surface area contributed by atoms with E-state index < -0.39 is 12.1 Å². The van der Waals surface area contributed by atoms with Crippen LogP contribution in [0.4, 0.5) is 18.9 Å². The summed E-state index contributed by atoms with van der Waals surface area (Å²) >= 11 is 3.08. The molecule has 4 N–H and O–H groups in total. The van der Waals surface area contributed by atoms with Gasteiger partial charge in [-0.3, -0.25) is 5.43 Å². The Kier molecular flexibility index (Phi) is 5.63. The minimum Gasteiger partial charge on any atom is -0.404 e. The molecule has 1 aromatic rings. The molecule has 0 saturated heterocycles. The lowest BCUT2D eigenvalue weighted by Gasteiger charge is -2.16. The second-order valence-corrected chi connectivity index (χ2v) is 4.94. The number of nitrogens with two attached hydrogens (primary N) is 1. The number of hydrogen-bond acceptors (Lipinski definition) is 3. The summed E-state index contributed by atoms with van der Waals surface area (Å²) in [4.78, 5) is 4.07. The van der Waals surface area contributed by atoms with Crippen molar-refractivity contribution in [2.45, 2.75) is 26.3 Å². The number of nitrogens with zero attached hydrogens (tertiary/aromatic N) is 1. The standard InChI is InChI=1S/C11H14BrF3N4O/c1-6(2)17-10(19-16)18-8-4-3-7(12)5-9(8)20-11(13,14)15/h3-6H,16H2,1-2H3,(H2,17,18,19).